The molecule has 8 nitrogen and oxygen atoms in total. The minimum Gasteiger partial charge on any atom is -0.463 e. The van der Waals surface area contributed by atoms with Gasteiger partial charge in [0.25, 0.3) is 5.91 Å². The molecule has 0 unspecified atom stereocenters. The van der Waals surface area contributed by atoms with Crippen molar-refractivity contribution in [1.29, 1.82) is 0 Å². The third-order valence-corrected chi connectivity index (χ3v) is 4.78. The van der Waals surface area contributed by atoms with Crippen LogP contribution in [0.5, 0.6) is 0 Å². The number of sulfonamides is 1. The first-order valence-electron chi connectivity index (χ1n) is 8.03. The third kappa shape index (κ3) is 3.83. The van der Waals surface area contributed by atoms with Gasteiger partial charge in [0.2, 0.25) is 10.0 Å². The largest absolute Gasteiger partial charge is 0.463 e. The van der Waals surface area contributed by atoms with E-state index in [9.17, 15) is 18.0 Å². The maximum Gasteiger partial charge on any atom is 0.332 e. The van der Waals surface area contributed by atoms with Crippen LogP contribution in [-0.2, 0) is 19.6 Å². The summed E-state index contributed by atoms with van der Waals surface area (Å²) in [5.74, 6) is -0.899. The van der Waals surface area contributed by atoms with Crippen molar-refractivity contribution in [3.63, 3.8) is 0 Å². The number of ether oxygens (including phenoxy) is 1. The van der Waals surface area contributed by atoms with Crippen LogP contribution >= 0.6 is 0 Å². The van der Waals surface area contributed by atoms with Crippen LogP contribution in [-0.4, -0.2) is 26.9 Å². The Morgan fingerprint density at radius 2 is 1.78 bits per heavy atom. The molecule has 1 aliphatic heterocycles. The molecule has 0 bridgehead atoms. The molecule has 1 amide bonds. The zero-order valence-electron chi connectivity index (χ0n) is 14.4. The third-order valence-electron chi connectivity index (χ3n) is 3.86. The average Bonchev–Trinajstić information content (AvgIpc) is 2.64. The molecule has 1 aliphatic rings. The Morgan fingerprint density at radius 1 is 1.15 bits per heavy atom. The lowest BCUT2D eigenvalue weighted by atomic mass is 10.0. The normalized spacial score (nSPS) is 15.3. The van der Waals surface area contributed by atoms with E-state index in [-0.39, 0.29) is 17.4 Å². The van der Waals surface area contributed by atoms with Crippen molar-refractivity contribution in [2.24, 2.45) is 5.14 Å². The number of benzene rings is 2. The summed E-state index contributed by atoms with van der Waals surface area (Å²) in [5.41, 5.74) is 4.61. The Hall–Kier alpha value is -3.17. The lowest BCUT2D eigenvalue weighted by molar-refractivity contribution is -0.137. The molecule has 0 radical (unpaired) electrons. The Labute approximate surface area is 156 Å². The van der Waals surface area contributed by atoms with Crippen LogP contribution in [0.25, 0.3) is 5.70 Å². The van der Waals surface area contributed by atoms with Gasteiger partial charge in [-0.1, -0.05) is 18.2 Å². The summed E-state index contributed by atoms with van der Waals surface area (Å²) in [6.45, 7) is 1.92. The average molecular weight is 387 g/mol. The van der Waals surface area contributed by atoms with E-state index in [1.807, 2.05) is 0 Å². The molecule has 0 spiro atoms. The van der Waals surface area contributed by atoms with Crippen molar-refractivity contribution in [1.82, 2.24) is 5.43 Å². The first-order valence-corrected chi connectivity index (χ1v) is 9.57. The van der Waals surface area contributed by atoms with Gasteiger partial charge in [0, 0.05) is 11.6 Å². The molecule has 0 aliphatic carbocycles. The van der Waals surface area contributed by atoms with Gasteiger partial charge in [-0.15, -0.1) is 0 Å². The summed E-state index contributed by atoms with van der Waals surface area (Å²) in [7, 11) is -3.84. The Bertz CT molecular complexity index is 1030. The van der Waals surface area contributed by atoms with Crippen molar-refractivity contribution in [2.45, 2.75) is 11.8 Å². The molecular formula is C18H17N3O5S. The summed E-state index contributed by atoms with van der Waals surface area (Å²) in [6, 6.07) is 12.3. The van der Waals surface area contributed by atoms with Crippen LogP contribution in [0, 0.1) is 0 Å². The molecule has 9 heteroatoms. The number of rotatable bonds is 4. The van der Waals surface area contributed by atoms with Gasteiger partial charge in [0.1, 0.15) is 0 Å². The van der Waals surface area contributed by atoms with Crippen molar-refractivity contribution >= 4 is 33.3 Å². The van der Waals surface area contributed by atoms with E-state index in [0.29, 0.717) is 22.5 Å². The molecule has 2 aromatic rings. The minimum absolute atomic E-state index is 0.0709. The standard InChI is InChI=1S/C18H17N3O5S/c1-2-26-17(22)11-16-14-5-3-4-6-15(14)18(23)21(20-16)12-7-9-13(10-8-12)27(19,24)25/h3-11,20H,2H2,1H3,(H2,19,24,25)/b16-11-. The van der Waals surface area contributed by atoms with Crippen LogP contribution < -0.4 is 15.6 Å². The maximum absolute atomic E-state index is 12.8. The predicted octanol–water partition coefficient (Wildman–Crippen LogP) is 1.40. The smallest absolute Gasteiger partial charge is 0.332 e. The summed E-state index contributed by atoms with van der Waals surface area (Å²) in [4.78, 5) is 24.6. The lowest BCUT2D eigenvalue weighted by Gasteiger charge is -2.31. The molecule has 140 valence electrons. The number of carbonyl (C=O) groups is 2. The second-order valence-corrected chi connectivity index (χ2v) is 7.21. The molecule has 0 saturated carbocycles. The number of anilines is 1. The van der Waals surface area contributed by atoms with Gasteiger partial charge in [0.05, 0.1) is 28.5 Å². The number of primary sulfonamides is 1. The summed E-state index contributed by atoms with van der Waals surface area (Å²) in [5, 5.41) is 6.32. The van der Waals surface area contributed by atoms with Crippen molar-refractivity contribution in [3.8, 4) is 0 Å². The van der Waals surface area contributed by atoms with E-state index in [4.69, 9.17) is 9.88 Å². The highest BCUT2D eigenvalue weighted by Gasteiger charge is 2.29. The van der Waals surface area contributed by atoms with Gasteiger partial charge in [-0.25, -0.2) is 23.4 Å². The van der Waals surface area contributed by atoms with Crippen molar-refractivity contribution < 1.29 is 22.7 Å². The maximum atomic E-state index is 12.8. The number of hydrazine groups is 1. The van der Waals surface area contributed by atoms with Gasteiger partial charge >= 0.3 is 5.97 Å². The van der Waals surface area contributed by atoms with E-state index >= 15 is 0 Å². The van der Waals surface area contributed by atoms with Crippen LogP contribution in [0.3, 0.4) is 0 Å². The molecule has 0 aromatic heterocycles. The molecule has 0 saturated heterocycles. The second-order valence-electron chi connectivity index (χ2n) is 5.65. The lowest BCUT2D eigenvalue weighted by Crippen LogP contribution is -2.46. The quantitative estimate of drug-likeness (QED) is 0.605. The van der Waals surface area contributed by atoms with Crippen molar-refractivity contribution in [2.75, 3.05) is 11.6 Å². The summed E-state index contributed by atoms with van der Waals surface area (Å²) < 4.78 is 27.8. The van der Waals surface area contributed by atoms with E-state index in [0.717, 1.165) is 0 Å². The van der Waals surface area contributed by atoms with E-state index in [1.165, 1.54) is 35.4 Å². The van der Waals surface area contributed by atoms with Crippen LogP contribution in [0.2, 0.25) is 0 Å². The summed E-state index contributed by atoms with van der Waals surface area (Å²) in [6.07, 6.45) is 1.26. The number of fused-ring (bicyclic) bond motifs is 1. The van der Waals surface area contributed by atoms with Crippen molar-refractivity contribution in [3.05, 3.63) is 65.7 Å². The Balaban J connectivity index is 2.03. The second kappa shape index (κ2) is 7.22. The molecule has 1 heterocycles. The van der Waals surface area contributed by atoms with Gasteiger partial charge < -0.3 is 4.74 Å². The SMILES string of the molecule is CCOC(=O)/C=C1\NN(c2ccc(S(N)(=O)=O)cc2)C(=O)c2ccccc21. The predicted molar refractivity (Wildman–Crippen MR) is 98.8 cm³/mol. The number of carbonyl (C=O) groups excluding carboxylic acids is 2. The summed E-state index contributed by atoms with van der Waals surface area (Å²) >= 11 is 0. The minimum atomic E-state index is -3.84. The molecule has 3 rings (SSSR count). The number of nitrogens with zero attached hydrogens (tertiary/aromatic N) is 1. The number of amides is 1. The zero-order chi connectivity index (χ0) is 19.6. The first-order chi connectivity index (χ1) is 12.8. The van der Waals surface area contributed by atoms with Crippen LogP contribution in [0.1, 0.15) is 22.8 Å². The van der Waals surface area contributed by atoms with Crippen LogP contribution in [0.15, 0.2) is 59.5 Å². The number of hydrogen-bond donors (Lipinski definition) is 2. The molecule has 0 atom stereocenters. The van der Waals surface area contributed by atoms with E-state index in [1.54, 1.807) is 31.2 Å². The van der Waals surface area contributed by atoms with E-state index in [2.05, 4.69) is 5.43 Å². The Morgan fingerprint density at radius 3 is 2.37 bits per heavy atom. The fraction of sp³-hybridized carbons (Fsp3) is 0.111. The van der Waals surface area contributed by atoms with Crippen LogP contribution in [0.4, 0.5) is 5.69 Å². The molecule has 0 fully saturated rings. The highest BCUT2D eigenvalue weighted by Crippen LogP contribution is 2.28. The molecule has 2 aromatic carbocycles. The number of hydrogen-bond acceptors (Lipinski definition) is 6. The monoisotopic (exact) mass is 387 g/mol. The van der Waals surface area contributed by atoms with Gasteiger partial charge in [-0.2, -0.15) is 0 Å². The Kier molecular flexibility index (Phi) is 4.98. The first kappa shape index (κ1) is 18.6. The molecule has 3 N–H and O–H groups in total. The number of nitrogens with one attached hydrogen (secondary N) is 1. The highest BCUT2D eigenvalue weighted by atomic mass is 32.2. The number of nitrogens with two attached hydrogens (primary N) is 1. The topological polar surface area (TPSA) is 119 Å². The number of esters is 1. The van der Waals surface area contributed by atoms with E-state index < -0.39 is 16.0 Å². The molecular weight excluding hydrogens is 370 g/mol. The van der Waals surface area contributed by atoms with Gasteiger partial charge in [-0.05, 0) is 37.3 Å². The zero-order valence-corrected chi connectivity index (χ0v) is 15.2. The fourth-order valence-electron chi connectivity index (χ4n) is 2.63. The highest BCUT2D eigenvalue weighted by molar-refractivity contribution is 7.89. The van der Waals surface area contributed by atoms with Gasteiger partial charge in [0.15, 0.2) is 0 Å². The fourth-order valence-corrected chi connectivity index (χ4v) is 3.15. The molecule has 27 heavy (non-hydrogen) atoms. The van der Waals surface area contributed by atoms with Gasteiger partial charge in [-0.3, -0.25) is 10.2 Å².